The minimum Gasteiger partial charge on any atom is -0.325 e. The minimum atomic E-state index is -2.73. The van der Waals surface area contributed by atoms with Gasteiger partial charge in [-0.15, -0.1) is 0 Å². The van der Waals surface area contributed by atoms with E-state index in [9.17, 15) is 8.78 Å². The standard InChI is InChI=1S/C7H15F2N/c1-4-6(2,3)7(8,9)5-10/h4-5,10H2,1-3H3. The first-order valence-electron chi connectivity index (χ1n) is 3.45. The van der Waals surface area contributed by atoms with E-state index in [1.807, 2.05) is 0 Å². The van der Waals surface area contributed by atoms with E-state index in [1.165, 1.54) is 13.8 Å². The number of hydrogen-bond donors (Lipinski definition) is 1. The van der Waals surface area contributed by atoms with Crippen LogP contribution in [0.5, 0.6) is 0 Å². The van der Waals surface area contributed by atoms with Crippen molar-refractivity contribution in [1.29, 1.82) is 0 Å². The SMILES string of the molecule is CCC(C)(C)C(F)(F)CN. The van der Waals surface area contributed by atoms with E-state index in [0.29, 0.717) is 6.42 Å². The van der Waals surface area contributed by atoms with Gasteiger partial charge in [0.2, 0.25) is 0 Å². The molecule has 0 aromatic heterocycles. The van der Waals surface area contributed by atoms with Crippen LogP contribution in [0.4, 0.5) is 8.78 Å². The van der Waals surface area contributed by atoms with Gasteiger partial charge in [-0.3, -0.25) is 0 Å². The van der Waals surface area contributed by atoms with Crippen LogP contribution in [0.1, 0.15) is 27.2 Å². The summed E-state index contributed by atoms with van der Waals surface area (Å²) >= 11 is 0. The molecule has 0 aromatic carbocycles. The molecular weight excluding hydrogens is 136 g/mol. The Labute approximate surface area is 60.6 Å². The molecule has 0 spiro atoms. The molecule has 0 aliphatic rings. The van der Waals surface area contributed by atoms with Gasteiger partial charge in [0.15, 0.2) is 0 Å². The van der Waals surface area contributed by atoms with Gasteiger partial charge in [-0.2, -0.15) is 0 Å². The largest absolute Gasteiger partial charge is 0.325 e. The smallest absolute Gasteiger partial charge is 0.265 e. The maximum atomic E-state index is 12.8. The second kappa shape index (κ2) is 2.82. The number of rotatable bonds is 3. The average molecular weight is 151 g/mol. The van der Waals surface area contributed by atoms with Crippen LogP contribution in [0.3, 0.4) is 0 Å². The Morgan fingerprint density at radius 2 is 1.70 bits per heavy atom. The number of hydrogen-bond acceptors (Lipinski definition) is 1. The van der Waals surface area contributed by atoms with Crippen LogP contribution >= 0.6 is 0 Å². The number of nitrogens with two attached hydrogens (primary N) is 1. The lowest BCUT2D eigenvalue weighted by atomic mass is 9.83. The second-order valence-corrected chi connectivity index (χ2v) is 3.15. The number of halogens is 2. The average Bonchev–Trinajstić information content (AvgIpc) is 1.88. The summed E-state index contributed by atoms with van der Waals surface area (Å²) in [4.78, 5) is 0. The molecule has 62 valence electrons. The monoisotopic (exact) mass is 151 g/mol. The third-order valence-electron chi connectivity index (χ3n) is 2.13. The highest BCUT2D eigenvalue weighted by Crippen LogP contribution is 2.37. The Hall–Kier alpha value is -0.180. The van der Waals surface area contributed by atoms with E-state index in [-0.39, 0.29) is 0 Å². The molecule has 0 bridgehead atoms. The topological polar surface area (TPSA) is 26.0 Å². The highest BCUT2D eigenvalue weighted by Gasteiger charge is 2.43. The van der Waals surface area contributed by atoms with Gasteiger partial charge in [0.25, 0.3) is 5.92 Å². The van der Waals surface area contributed by atoms with E-state index < -0.39 is 17.9 Å². The molecule has 0 atom stereocenters. The molecule has 0 radical (unpaired) electrons. The van der Waals surface area contributed by atoms with Crippen molar-refractivity contribution in [2.45, 2.75) is 33.1 Å². The van der Waals surface area contributed by atoms with E-state index in [0.717, 1.165) is 0 Å². The van der Waals surface area contributed by atoms with Crippen molar-refractivity contribution in [1.82, 2.24) is 0 Å². The van der Waals surface area contributed by atoms with Crippen LogP contribution in [0, 0.1) is 5.41 Å². The molecule has 0 aliphatic carbocycles. The van der Waals surface area contributed by atoms with Gasteiger partial charge in [-0.05, 0) is 6.42 Å². The molecular formula is C7H15F2N. The molecule has 0 saturated heterocycles. The molecule has 1 nitrogen and oxygen atoms in total. The summed E-state index contributed by atoms with van der Waals surface area (Å²) in [7, 11) is 0. The fourth-order valence-electron chi connectivity index (χ4n) is 0.535. The molecule has 2 N–H and O–H groups in total. The molecule has 0 amide bonds. The molecule has 0 rings (SSSR count). The fourth-order valence-corrected chi connectivity index (χ4v) is 0.535. The van der Waals surface area contributed by atoms with Crippen molar-refractivity contribution in [3.05, 3.63) is 0 Å². The first kappa shape index (κ1) is 9.82. The molecule has 0 heterocycles. The van der Waals surface area contributed by atoms with Gasteiger partial charge < -0.3 is 5.73 Å². The van der Waals surface area contributed by atoms with Crippen molar-refractivity contribution in [3.8, 4) is 0 Å². The van der Waals surface area contributed by atoms with Gasteiger partial charge in [0, 0.05) is 5.41 Å². The summed E-state index contributed by atoms with van der Waals surface area (Å²) in [5.41, 5.74) is 3.95. The lowest BCUT2D eigenvalue weighted by Gasteiger charge is -2.31. The molecule has 0 aliphatic heterocycles. The summed E-state index contributed by atoms with van der Waals surface area (Å²) in [5, 5.41) is 0. The van der Waals surface area contributed by atoms with Crippen molar-refractivity contribution in [2.75, 3.05) is 6.54 Å². The van der Waals surface area contributed by atoms with E-state index in [2.05, 4.69) is 0 Å². The van der Waals surface area contributed by atoms with E-state index >= 15 is 0 Å². The van der Waals surface area contributed by atoms with Crippen molar-refractivity contribution in [2.24, 2.45) is 11.1 Å². The van der Waals surface area contributed by atoms with Crippen molar-refractivity contribution in [3.63, 3.8) is 0 Å². The van der Waals surface area contributed by atoms with Crippen LogP contribution in [0.15, 0.2) is 0 Å². The Morgan fingerprint density at radius 1 is 1.30 bits per heavy atom. The van der Waals surface area contributed by atoms with Crippen LogP contribution in [0.2, 0.25) is 0 Å². The van der Waals surface area contributed by atoms with E-state index in [4.69, 9.17) is 5.73 Å². The summed E-state index contributed by atoms with van der Waals surface area (Å²) in [6, 6.07) is 0. The molecule has 10 heavy (non-hydrogen) atoms. The molecule has 0 saturated carbocycles. The summed E-state index contributed by atoms with van der Waals surface area (Å²) < 4.78 is 25.6. The zero-order chi connectivity index (χ0) is 8.41. The maximum absolute atomic E-state index is 12.8. The van der Waals surface area contributed by atoms with Gasteiger partial charge in [0.05, 0.1) is 6.54 Å². The van der Waals surface area contributed by atoms with Crippen molar-refractivity contribution >= 4 is 0 Å². The van der Waals surface area contributed by atoms with Gasteiger partial charge in [-0.25, -0.2) is 8.78 Å². The first-order valence-corrected chi connectivity index (χ1v) is 3.45. The zero-order valence-electron chi connectivity index (χ0n) is 6.75. The summed E-state index contributed by atoms with van der Waals surface area (Å²) in [6.07, 6.45) is 0.442. The second-order valence-electron chi connectivity index (χ2n) is 3.15. The quantitative estimate of drug-likeness (QED) is 0.656. The summed E-state index contributed by atoms with van der Waals surface area (Å²) in [6.45, 7) is 4.23. The zero-order valence-corrected chi connectivity index (χ0v) is 6.75. The first-order chi connectivity index (χ1) is 4.37. The Bertz CT molecular complexity index is 96.2. The summed E-state index contributed by atoms with van der Waals surface area (Å²) in [5.74, 6) is -2.73. The number of alkyl halides is 2. The highest BCUT2D eigenvalue weighted by atomic mass is 19.3. The van der Waals surface area contributed by atoms with Gasteiger partial charge in [-0.1, -0.05) is 20.8 Å². The third kappa shape index (κ3) is 1.66. The van der Waals surface area contributed by atoms with Crippen molar-refractivity contribution < 1.29 is 8.78 Å². The predicted molar refractivity (Wildman–Crippen MR) is 38.1 cm³/mol. The molecule has 0 aromatic rings. The lowest BCUT2D eigenvalue weighted by molar-refractivity contribution is -0.0979. The van der Waals surface area contributed by atoms with Crippen LogP contribution in [-0.2, 0) is 0 Å². The third-order valence-corrected chi connectivity index (χ3v) is 2.13. The van der Waals surface area contributed by atoms with Gasteiger partial charge >= 0.3 is 0 Å². The van der Waals surface area contributed by atoms with Crippen LogP contribution in [-0.4, -0.2) is 12.5 Å². The molecule has 3 heteroatoms. The fraction of sp³-hybridized carbons (Fsp3) is 1.00. The highest BCUT2D eigenvalue weighted by molar-refractivity contribution is 4.84. The molecule has 0 unspecified atom stereocenters. The molecule has 0 fully saturated rings. The normalized spacial score (nSPS) is 13.8. The van der Waals surface area contributed by atoms with E-state index in [1.54, 1.807) is 6.92 Å². The van der Waals surface area contributed by atoms with Crippen LogP contribution in [0.25, 0.3) is 0 Å². The maximum Gasteiger partial charge on any atom is 0.265 e. The van der Waals surface area contributed by atoms with Crippen LogP contribution < -0.4 is 5.73 Å². The Kier molecular flexibility index (Phi) is 2.77. The predicted octanol–water partition coefficient (Wildman–Crippen LogP) is 2.02. The lowest BCUT2D eigenvalue weighted by Crippen LogP contribution is -2.42. The Morgan fingerprint density at radius 3 is 1.80 bits per heavy atom. The van der Waals surface area contributed by atoms with Gasteiger partial charge in [0.1, 0.15) is 0 Å². The Balaban J connectivity index is 4.28. The minimum absolute atomic E-state index is 0.442.